The molecule has 3 heteroatoms. The van der Waals surface area contributed by atoms with Crippen LogP contribution in [0.3, 0.4) is 0 Å². The number of hydrogen-bond donors (Lipinski definition) is 0. The Labute approximate surface area is 141 Å². The monoisotopic (exact) mass is 317 g/mol. The van der Waals surface area contributed by atoms with Gasteiger partial charge in [0, 0.05) is 6.54 Å². The van der Waals surface area contributed by atoms with Gasteiger partial charge in [0.05, 0.1) is 6.54 Å². The Morgan fingerprint density at radius 1 is 1.26 bits per heavy atom. The van der Waals surface area contributed by atoms with Gasteiger partial charge in [0.15, 0.2) is 0 Å². The summed E-state index contributed by atoms with van der Waals surface area (Å²) in [5.41, 5.74) is 1.22. The molecule has 0 aromatic heterocycles. The van der Waals surface area contributed by atoms with Gasteiger partial charge in [-0.25, -0.2) is 0 Å². The number of carbonyl (C=O) groups excluding carboxylic acids is 1. The third-order valence-corrected chi connectivity index (χ3v) is 4.94. The topological polar surface area (TPSA) is 29.5 Å². The van der Waals surface area contributed by atoms with E-state index in [2.05, 4.69) is 32.9 Å². The highest BCUT2D eigenvalue weighted by molar-refractivity contribution is 5.71. The van der Waals surface area contributed by atoms with Crippen molar-refractivity contribution in [2.45, 2.75) is 52.7 Å². The highest BCUT2D eigenvalue weighted by Gasteiger charge is 2.33. The van der Waals surface area contributed by atoms with E-state index >= 15 is 0 Å². The first-order valence-corrected chi connectivity index (χ1v) is 8.87. The summed E-state index contributed by atoms with van der Waals surface area (Å²) in [7, 11) is 1.97. The van der Waals surface area contributed by atoms with Crippen LogP contribution in [0.4, 0.5) is 0 Å². The van der Waals surface area contributed by atoms with Crippen LogP contribution in [0.15, 0.2) is 30.3 Å². The Balaban J connectivity index is 1.85. The molecule has 0 N–H and O–H groups in total. The predicted molar refractivity (Wildman–Crippen MR) is 94.0 cm³/mol. The molecule has 128 valence electrons. The molecule has 1 saturated carbocycles. The molecule has 0 amide bonds. The SMILES string of the molecule is CC(C)[C@@H]1CC[C@@H](C)C[C@H]1OC(=O)CN(C)Cc1ccccc1. The first-order valence-electron chi connectivity index (χ1n) is 8.87. The molecule has 0 saturated heterocycles. The minimum absolute atomic E-state index is 0.0896. The number of rotatable bonds is 6. The second-order valence-electron chi connectivity index (χ2n) is 7.51. The van der Waals surface area contributed by atoms with Crippen LogP contribution in [0.1, 0.15) is 45.6 Å². The average Bonchev–Trinajstić information content (AvgIpc) is 2.47. The smallest absolute Gasteiger partial charge is 0.320 e. The van der Waals surface area contributed by atoms with E-state index in [1.165, 1.54) is 18.4 Å². The first kappa shape index (κ1) is 18.0. The van der Waals surface area contributed by atoms with Crippen LogP contribution < -0.4 is 0 Å². The molecule has 1 fully saturated rings. The summed E-state index contributed by atoms with van der Waals surface area (Å²) in [5.74, 6) is 1.65. The Bertz CT molecular complexity index is 486. The molecule has 2 rings (SSSR count). The van der Waals surface area contributed by atoms with Crippen molar-refractivity contribution in [2.75, 3.05) is 13.6 Å². The molecule has 0 unspecified atom stereocenters. The van der Waals surface area contributed by atoms with Crippen molar-refractivity contribution in [2.24, 2.45) is 17.8 Å². The van der Waals surface area contributed by atoms with Gasteiger partial charge < -0.3 is 4.74 Å². The van der Waals surface area contributed by atoms with Crippen LogP contribution in [-0.4, -0.2) is 30.6 Å². The van der Waals surface area contributed by atoms with Crippen molar-refractivity contribution in [3.05, 3.63) is 35.9 Å². The van der Waals surface area contributed by atoms with Crippen LogP contribution >= 0.6 is 0 Å². The summed E-state index contributed by atoms with van der Waals surface area (Å²) >= 11 is 0. The van der Waals surface area contributed by atoms with Gasteiger partial charge in [-0.3, -0.25) is 9.69 Å². The predicted octanol–water partition coefficient (Wildman–Crippen LogP) is 4.12. The lowest BCUT2D eigenvalue weighted by Gasteiger charge is -2.37. The van der Waals surface area contributed by atoms with Crippen LogP contribution in [0.5, 0.6) is 0 Å². The zero-order valence-corrected chi connectivity index (χ0v) is 15.0. The molecule has 3 atom stereocenters. The van der Waals surface area contributed by atoms with Crippen LogP contribution in [0, 0.1) is 17.8 Å². The van der Waals surface area contributed by atoms with Gasteiger partial charge >= 0.3 is 5.97 Å². The first-order chi connectivity index (χ1) is 11.0. The lowest BCUT2D eigenvalue weighted by molar-refractivity contribution is -0.157. The minimum Gasteiger partial charge on any atom is -0.461 e. The van der Waals surface area contributed by atoms with Crippen molar-refractivity contribution >= 4 is 5.97 Å². The van der Waals surface area contributed by atoms with Crippen molar-refractivity contribution in [1.29, 1.82) is 0 Å². The van der Waals surface area contributed by atoms with Gasteiger partial charge in [-0.1, -0.05) is 57.5 Å². The molecule has 23 heavy (non-hydrogen) atoms. The molecule has 1 aliphatic carbocycles. The summed E-state index contributed by atoms with van der Waals surface area (Å²) in [6.07, 6.45) is 3.54. The van der Waals surface area contributed by atoms with Gasteiger partial charge in [0.25, 0.3) is 0 Å². The summed E-state index contributed by atoms with van der Waals surface area (Å²) in [6.45, 7) is 7.86. The van der Waals surface area contributed by atoms with E-state index in [1.54, 1.807) is 0 Å². The van der Waals surface area contributed by atoms with Crippen LogP contribution in [-0.2, 0) is 16.1 Å². The van der Waals surface area contributed by atoms with E-state index in [9.17, 15) is 4.79 Å². The fourth-order valence-corrected chi connectivity index (χ4v) is 3.63. The molecule has 0 spiro atoms. The van der Waals surface area contributed by atoms with Gasteiger partial charge in [-0.2, -0.15) is 0 Å². The molecule has 1 aromatic rings. The van der Waals surface area contributed by atoms with E-state index in [1.807, 2.05) is 30.1 Å². The molecule has 1 aliphatic rings. The second-order valence-corrected chi connectivity index (χ2v) is 7.51. The highest BCUT2D eigenvalue weighted by Crippen LogP contribution is 2.35. The van der Waals surface area contributed by atoms with Gasteiger partial charge in [-0.05, 0) is 43.2 Å². The fourth-order valence-electron chi connectivity index (χ4n) is 3.63. The summed E-state index contributed by atoms with van der Waals surface area (Å²) in [6, 6.07) is 10.2. The fraction of sp³-hybridized carbons (Fsp3) is 0.650. The van der Waals surface area contributed by atoms with Crippen LogP contribution in [0.2, 0.25) is 0 Å². The Hall–Kier alpha value is -1.35. The zero-order valence-electron chi connectivity index (χ0n) is 15.0. The van der Waals surface area contributed by atoms with E-state index < -0.39 is 0 Å². The number of ether oxygens (including phenoxy) is 1. The quantitative estimate of drug-likeness (QED) is 0.739. The zero-order chi connectivity index (χ0) is 16.8. The maximum Gasteiger partial charge on any atom is 0.320 e. The van der Waals surface area contributed by atoms with Crippen molar-refractivity contribution in [3.8, 4) is 0 Å². The average molecular weight is 317 g/mol. The molecular formula is C20H31NO2. The Morgan fingerprint density at radius 3 is 2.61 bits per heavy atom. The molecule has 3 nitrogen and oxygen atoms in total. The molecular weight excluding hydrogens is 286 g/mol. The maximum absolute atomic E-state index is 12.3. The normalized spacial score (nSPS) is 24.9. The molecule has 0 heterocycles. The highest BCUT2D eigenvalue weighted by atomic mass is 16.5. The summed E-state index contributed by atoms with van der Waals surface area (Å²) in [4.78, 5) is 14.3. The van der Waals surface area contributed by atoms with Crippen molar-refractivity contribution in [3.63, 3.8) is 0 Å². The van der Waals surface area contributed by atoms with Crippen LogP contribution in [0.25, 0.3) is 0 Å². The lowest BCUT2D eigenvalue weighted by atomic mass is 9.75. The number of hydrogen-bond acceptors (Lipinski definition) is 3. The largest absolute Gasteiger partial charge is 0.461 e. The number of nitrogens with zero attached hydrogens (tertiary/aromatic N) is 1. The number of carbonyl (C=O) groups is 1. The minimum atomic E-state index is -0.0896. The van der Waals surface area contributed by atoms with E-state index in [0.717, 1.165) is 13.0 Å². The third kappa shape index (κ3) is 5.65. The van der Waals surface area contributed by atoms with Crippen molar-refractivity contribution in [1.82, 2.24) is 4.90 Å². The van der Waals surface area contributed by atoms with E-state index in [4.69, 9.17) is 4.74 Å². The van der Waals surface area contributed by atoms with Crippen molar-refractivity contribution < 1.29 is 9.53 Å². The van der Waals surface area contributed by atoms with Gasteiger partial charge in [-0.15, -0.1) is 0 Å². The second kappa shape index (κ2) is 8.49. The van der Waals surface area contributed by atoms with Gasteiger partial charge in [0.1, 0.15) is 6.10 Å². The summed E-state index contributed by atoms with van der Waals surface area (Å²) in [5, 5.41) is 0. The molecule has 0 aliphatic heterocycles. The van der Waals surface area contributed by atoms with E-state index in [-0.39, 0.29) is 12.1 Å². The number of benzene rings is 1. The number of esters is 1. The molecule has 0 radical (unpaired) electrons. The Morgan fingerprint density at radius 2 is 1.96 bits per heavy atom. The maximum atomic E-state index is 12.3. The standard InChI is InChI=1S/C20H31NO2/c1-15(2)18-11-10-16(3)12-19(18)23-20(22)14-21(4)13-17-8-6-5-7-9-17/h5-9,15-16,18-19H,10-14H2,1-4H3/t16-,18+,19-/m1/s1. The molecule has 1 aromatic carbocycles. The third-order valence-electron chi connectivity index (χ3n) is 4.94. The summed E-state index contributed by atoms with van der Waals surface area (Å²) < 4.78 is 5.86. The molecule has 0 bridgehead atoms. The van der Waals surface area contributed by atoms with Gasteiger partial charge in [0.2, 0.25) is 0 Å². The number of likely N-dealkylation sites (N-methyl/N-ethyl adjacent to an activating group) is 1. The van der Waals surface area contributed by atoms with E-state index in [0.29, 0.717) is 24.3 Å². The Kier molecular flexibility index (Phi) is 6.64. The lowest BCUT2D eigenvalue weighted by Crippen LogP contribution is -2.38.